The van der Waals surface area contributed by atoms with Crippen molar-refractivity contribution in [2.75, 3.05) is 50.9 Å². The van der Waals surface area contributed by atoms with Gasteiger partial charge in [0, 0.05) is 42.6 Å². The summed E-state index contributed by atoms with van der Waals surface area (Å²) in [7, 11) is 0. The van der Waals surface area contributed by atoms with Gasteiger partial charge in [0.25, 0.3) is 0 Å². The van der Waals surface area contributed by atoms with Crippen LogP contribution in [0.5, 0.6) is 0 Å². The lowest BCUT2D eigenvalue weighted by Crippen LogP contribution is -2.60. The van der Waals surface area contributed by atoms with E-state index in [0.717, 1.165) is 85.8 Å². The zero-order valence-corrected chi connectivity index (χ0v) is 45.5. The van der Waals surface area contributed by atoms with Gasteiger partial charge in [-0.25, -0.2) is 13.2 Å². The molecule has 4 heterocycles. The molecule has 13 aliphatic rings. The van der Waals surface area contributed by atoms with Crippen LogP contribution in [0, 0.1) is 81.3 Å². The summed E-state index contributed by atoms with van der Waals surface area (Å²) in [4.78, 5) is 54.8. The molecule has 4 aliphatic heterocycles. The summed E-state index contributed by atoms with van der Waals surface area (Å²) in [5, 5.41) is 34.1. The van der Waals surface area contributed by atoms with Gasteiger partial charge in [0.1, 0.15) is 36.6 Å². The molecule has 0 radical (unpaired) electrons. The largest absolute Gasteiger partial charge is 0.332 e. The summed E-state index contributed by atoms with van der Waals surface area (Å²) < 4.78 is 39.9. The van der Waals surface area contributed by atoms with E-state index in [9.17, 15) is 32.3 Å². The first kappa shape index (κ1) is 57.5. The summed E-state index contributed by atoms with van der Waals surface area (Å²) in [6, 6.07) is 2.92. The van der Waals surface area contributed by atoms with Gasteiger partial charge in [0.15, 0.2) is 0 Å². The van der Waals surface area contributed by atoms with Gasteiger partial charge < -0.3 is 41.7 Å². The molecule has 4 amide bonds. The van der Waals surface area contributed by atoms with Crippen molar-refractivity contribution < 1.29 is 32.3 Å². The van der Waals surface area contributed by atoms with Crippen molar-refractivity contribution in [2.24, 2.45) is 58.8 Å². The second-order valence-corrected chi connectivity index (χ2v) is 26.2. The number of nitrogens with one attached hydrogen (secondary N) is 2. The van der Waals surface area contributed by atoms with E-state index < -0.39 is 48.7 Å². The van der Waals surface area contributed by atoms with Crippen molar-refractivity contribution >= 4 is 35.4 Å². The number of hydrogen-bond acceptors (Lipinski definition) is 12. The Balaban J connectivity index is 0.000000134. The van der Waals surface area contributed by atoms with E-state index in [4.69, 9.17) is 27.3 Å². The maximum Gasteiger partial charge on any atom is 0.240 e. The smallest absolute Gasteiger partial charge is 0.240 e. The Bertz CT molecular complexity index is 2060. The molecule has 75 heavy (non-hydrogen) atoms. The summed E-state index contributed by atoms with van der Waals surface area (Å²) >= 11 is 1.87. The van der Waals surface area contributed by atoms with E-state index in [1.165, 1.54) is 98.2 Å². The second kappa shape index (κ2) is 25.4. The van der Waals surface area contributed by atoms with Crippen molar-refractivity contribution in [3.8, 4) is 18.2 Å². The summed E-state index contributed by atoms with van der Waals surface area (Å²) in [6.45, 7) is 5.72. The van der Waals surface area contributed by atoms with Gasteiger partial charge >= 0.3 is 0 Å². The Labute approximate surface area is 448 Å². The Kier molecular flexibility index (Phi) is 19.5. The molecule has 9 saturated carbocycles. The zero-order chi connectivity index (χ0) is 53.6. The minimum absolute atomic E-state index is 0.00118. The van der Waals surface area contributed by atoms with E-state index in [1.54, 1.807) is 0 Å². The number of carbonyl (C=O) groups is 4. The summed E-state index contributed by atoms with van der Waals surface area (Å²) in [6.07, 6.45) is 19.4. The average molecular weight is 1070 g/mol. The van der Waals surface area contributed by atoms with Crippen LogP contribution in [-0.2, 0) is 19.2 Å². The van der Waals surface area contributed by atoms with Crippen molar-refractivity contribution in [2.45, 2.75) is 208 Å². The fraction of sp³-hybridized carbons (Fsp3) is 0.875. The average Bonchev–Trinajstić information content (AvgIpc) is 4.24. The molecular formula is C56H86F3N11O4S. The van der Waals surface area contributed by atoms with Crippen molar-refractivity contribution in [1.82, 2.24) is 30.2 Å². The molecule has 9 atom stereocenters. The number of halogens is 3. The van der Waals surface area contributed by atoms with Crippen LogP contribution in [0.2, 0.25) is 0 Å². The number of nitrogens with zero attached hydrogens (tertiary/aromatic N) is 7. The van der Waals surface area contributed by atoms with Crippen LogP contribution in [0.3, 0.4) is 0 Å². The highest BCUT2D eigenvalue weighted by atomic mass is 32.2. The molecule has 8 bridgehead atoms. The molecule has 19 heteroatoms. The van der Waals surface area contributed by atoms with Crippen LogP contribution in [0.4, 0.5) is 13.2 Å². The zero-order valence-electron chi connectivity index (χ0n) is 44.7. The molecule has 0 aromatic carbocycles. The van der Waals surface area contributed by atoms with Gasteiger partial charge in [-0.15, -0.1) is 11.8 Å². The second-order valence-electron chi connectivity index (χ2n) is 25.1. The number of rotatable bonds is 11. The predicted molar refractivity (Wildman–Crippen MR) is 281 cm³/mol. The normalized spacial score (nSPS) is 38.2. The van der Waals surface area contributed by atoms with Crippen LogP contribution in [0.15, 0.2) is 0 Å². The number of carbonyl (C=O) groups excluding carboxylic acids is 4. The van der Waals surface area contributed by atoms with Gasteiger partial charge in [0.2, 0.25) is 23.6 Å². The van der Waals surface area contributed by atoms with Gasteiger partial charge in [-0.3, -0.25) is 19.2 Å². The van der Waals surface area contributed by atoms with Crippen LogP contribution in [-0.4, -0.2) is 154 Å². The maximum atomic E-state index is 13.5. The molecule has 0 aromatic heterocycles. The molecular weight excluding hydrogens is 980 g/mol. The van der Waals surface area contributed by atoms with Crippen molar-refractivity contribution in [3.05, 3.63) is 0 Å². The Hall–Kier alpha value is -3.67. The first-order valence-electron chi connectivity index (χ1n) is 28.8. The third-order valence-corrected chi connectivity index (χ3v) is 20.4. The number of hydrogen-bond donors (Lipinski definition) is 4. The lowest BCUT2D eigenvalue weighted by atomic mass is 9.53. The number of nitriles is 3. The number of amides is 4. The monoisotopic (exact) mass is 1070 g/mol. The molecule has 0 aromatic rings. The van der Waals surface area contributed by atoms with E-state index in [2.05, 4.69) is 16.7 Å². The Morgan fingerprint density at radius 3 is 1.41 bits per heavy atom. The van der Waals surface area contributed by atoms with E-state index in [1.807, 2.05) is 42.6 Å². The summed E-state index contributed by atoms with van der Waals surface area (Å²) in [5.74, 6) is 7.30. The lowest BCUT2D eigenvalue weighted by Gasteiger charge is -2.57. The SMILES string of the molecule is CCC(C)[C@H](N)C(=O)N1CC(F)C[C@H]1C#N.N#C[C@@H]1CC(F)CN1C(=O)C(N)C1CCCCC1.N#C[C@@H]1CC(F)CN1C(=O)CNC12CC3CC(CC(C3)C1)C2.O=C(CNC12CC3CC(CC(C3)C1)C2)N1CCSC1. The standard InChI is InChI=1S/C17H24FN3O.C15H24N2OS.C13H20FN3O.C11H18FN3O/c18-14-4-15(8-19)21(10-14)16(22)9-20-17-5-11-1-12(6-17)3-13(2-11)7-17;18-14(17-1-2-19-10-17)9-16-15-6-11-3-12(7-15)5-13(4-11)8-15;14-10-6-11(7-15)17(8-10)13(18)12(16)9-4-2-1-3-5-9;1-3-7(2)10(14)11(16)15-6-8(12)4-9(15)5-13/h11-15,20H,1-7,9-10H2;11-13,16H,1-10H2;9-12H,1-6,8,16H2;7-10H,3-4,6,14H2,1-2H3/t11?,12?,13?,14?,15-,17?;;10?,11-,12?;7?,8?,9-,10-/m0.00/s1. The molecule has 4 saturated heterocycles. The molecule has 416 valence electrons. The molecule has 13 fully saturated rings. The third kappa shape index (κ3) is 14.0. The van der Waals surface area contributed by atoms with Gasteiger partial charge in [-0.2, -0.15) is 15.8 Å². The fourth-order valence-corrected chi connectivity index (χ4v) is 17.0. The third-order valence-electron chi connectivity index (χ3n) is 19.5. The van der Waals surface area contributed by atoms with E-state index >= 15 is 0 Å². The quantitative estimate of drug-likeness (QED) is 0.180. The number of likely N-dealkylation sites (tertiary alicyclic amines) is 3. The van der Waals surface area contributed by atoms with Crippen LogP contribution in [0.25, 0.3) is 0 Å². The molecule has 13 rings (SSSR count). The van der Waals surface area contributed by atoms with E-state index in [0.29, 0.717) is 18.0 Å². The number of nitrogens with two attached hydrogens (primary N) is 2. The molecule has 9 aliphatic carbocycles. The highest BCUT2D eigenvalue weighted by Gasteiger charge is 2.52. The minimum atomic E-state index is -1.10. The Morgan fingerprint density at radius 2 is 1.01 bits per heavy atom. The fourth-order valence-electron chi connectivity index (χ4n) is 16.1. The Morgan fingerprint density at radius 1 is 0.613 bits per heavy atom. The van der Waals surface area contributed by atoms with Crippen LogP contribution in [0.1, 0.15) is 149 Å². The highest BCUT2D eigenvalue weighted by molar-refractivity contribution is 7.99. The van der Waals surface area contributed by atoms with Crippen molar-refractivity contribution in [3.63, 3.8) is 0 Å². The number of thioether (sulfide) groups is 1. The first-order valence-corrected chi connectivity index (χ1v) is 30.0. The topological polar surface area (TPSA) is 229 Å². The summed E-state index contributed by atoms with van der Waals surface area (Å²) in [5.41, 5.74) is 12.3. The predicted octanol–water partition coefficient (Wildman–Crippen LogP) is 6.26. The molecule has 6 N–H and O–H groups in total. The maximum absolute atomic E-state index is 13.5. The lowest BCUT2D eigenvalue weighted by molar-refractivity contribution is -0.134. The van der Waals surface area contributed by atoms with Gasteiger partial charge in [-0.05, 0) is 137 Å². The molecule has 15 nitrogen and oxygen atoms in total. The number of alkyl halides is 3. The first-order chi connectivity index (χ1) is 35.9. The van der Waals surface area contributed by atoms with Crippen LogP contribution < -0.4 is 22.1 Å². The van der Waals surface area contributed by atoms with E-state index in [-0.39, 0.29) is 80.5 Å². The van der Waals surface area contributed by atoms with Crippen molar-refractivity contribution in [1.29, 1.82) is 15.8 Å². The molecule has 5 unspecified atom stereocenters. The molecule has 0 spiro atoms. The highest BCUT2D eigenvalue weighted by Crippen LogP contribution is 2.57. The van der Waals surface area contributed by atoms with Crippen LogP contribution >= 0.6 is 11.8 Å². The minimum Gasteiger partial charge on any atom is -0.332 e. The van der Waals surface area contributed by atoms with Gasteiger partial charge in [0.05, 0.1) is 68.9 Å². The van der Waals surface area contributed by atoms with Gasteiger partial charge in [-0.1, -0.05) is 39.5 Å².